The largest absolute Gasteiger partial charge is 0.484 e. The molecule has 0 saturated carbocycles. The first-order valence-electron chi connectivity index (χ1n) is 33.8. The highest BCUT2D eigenvalue weighted by Gasteiger charge is 2.40. The quantitative estimate of drug-likeness (QED) is 0.0161. The standard InChI is InChI=1S/C70H119N5O8S2/c1-5-7-9-11-13-15-17-19-21-23-25-27-29-31-33-37-49-70(50-38-34-32-30-28-26-24-22-20-18-16-14-12-10-8-6-2)82-59-66(83-70)47-53-74(4)52-40-36-35-39-51-71-68(79)60-81-65-45-43-62(44-46-65)61(3)72-73-67(78)48-55-85-84-54-41-42-69(80)75-57-64(77)56-63(75)58-76/h13-16,19-22,43-46,63-64,66,76-77H,5-12,17-18,23-42,47-60H2,1-4H3,(H,71,79)(H,73,78)/b15-13-,16-14-,21-19-,22-20-,72-61+/t63-,64+,66?/m0/s1. The zero-order chi connectivity index (χ0) is 61.1. The fourth-order valence-corrected chi connectivity index (χ4v) is 12.9. The zero-order valence-corrected chi connectivity index (χ0v) is 55.4. The van der Waals surface area contributed by atoms with Gasteiger partial charge in [-0.3, -0.25) is 14.4 Å². The number of carbonyl (C=O) groups excluding carboxylic acids is 3. The van der Waals surface area contributed by atoms with Crippen LogP contribution in [0.3, 0.4) is 0 Å². The van der Waals surface area contributed by atoms with Crippen molar-refractivity contribution in [2.24, 2.45) is 5.10 Å². The minimum atomic E-state index is -0.565. The Bertz CT molecular complexity index is 1950. The summed E-state index contributed by atoms with van der Waals surface area (Å²) in [5, 5.41) is 26.5. The highest BCUT2D eigenvalue weighted by atomic mass is 33.1. The number of nitrogens with one attached hydrogen (secondary N) is 2. The molecule has 0 spiro atoms. The summed E-state index contributed by atoms with van der Waals surface area (Å²) in [6.07, 6.45) is 57.6. The number of ether oxygens (including phenoxy) is 3. The van der Waals surface area contributed by atoms with Crippen molar-refractivity contribution in [2.75, 3.05) is 64.6 Å². The molecule has 85 heavy (non-hydrogen) atoms. The molecule has 1 aromatic carbocycles. The molecule has 2 saturated heterocycles. The monoisotopic (exact) mass is 1220 g/mol. The van der Waals surface area contributed by atoms with E-state index in [9.17, 15) is 24.6 Å². The molecule has 15 heteroatoms. The van der Waals surface area contributed by atoms with Crippen molar-refractivity contribution in [3.8, 4) is 5.75 Å². The Morgan fingerprint density at radius 2 is 1.25 bits per heavy atom. The molecule has 3 rings (SSSR count). The second-order valence-electron chi connectivity index (χ2n) is 23.8. The van der Waals surface area contributed by atoms with Crippen molar-refractivity contribution < 1.29 is 38.8 Å². The number of nitrogens with zero attached hydrogens (tertiary/aromatic N) is 3. The van der Waals surface area contributed by atoms with Crippen molar-refractivity contribution in [1.29, 1.82) is 0 Å². The normalized spacial score (nSPS) is 17.3. The second kappa shape index (κ2) is 51.4. The predicted molar refractivity (Wildman–Crippen MR) is 359 cm³/mol. The van der Waals surface area contributed by atoms with Crippen LogP contribution in [-0.2, 0) is 23.9 Å². The maximum atomic E-state index is 12.6. The van der Waals surface area contributed by atoms with Gasteiger partial charge in [-0.05, 0) is 159 Å². The Morgan fingerprint density at radius 3 is 1.85 bits per heavy atom. The van der Waals surface area contributed by atoms with Gasteiger partial charge in [0.15, 0.2) is 12.4 Å². The van der Waals surface area contributed by atoms with E-state index in [2.05, 4.69) is 90.2 Å². The Balaban J connectivity index is 1.23. The van der Waals surface area contributed by atoms with Crippen molar-refractivity contribution >= 4 is 45.0 Å². The maximum absolute atomic E-state index is 12.6. The van der Waals surface area contributed by atoms with Gasteiger partial charge in [-0.2, -0.15) is 5.10 Å². The second-order valence-corrected chi connectivity index (χ2v) is 26.5. The van der Waals surface area contributed by atoms with Gasteiger partial charge in [0.1, 0.15) is 5.75 Å². The van der Waals surface area contributed by atoms with E-state index in [1.54, 1.807) is 38.6 Å². The van der Waals surface area contributed by atoms with E-state index in [4.69, 9.17) is 14.2 Å². The highest BCUT2D eigenvalue weighted by molar-refractivity contribution is 8.76. The first-order valence-corrected chi connectivity index (χ1v) is 36.3. The zero-order valence-electron chi connectivity index (χ0n) is 53.8. The number of hydrogen-bond donors (Lipinski definition) is 4. The molecular weight excluding hydrogens is 1100 g/mol. The van der Waals surface area contributed by atoms with Gasteiger partial charge in [0.25, 0.3) is 5.91 Å². The number of aliphatic hydroxyl groups excluding tert-OH is 2. The number of amides is 3. The van der Waals surface area contributed by atoms with Gasteiger partial charge in [0.05, 0.1) is 37.2 Å². The first kappa shape index (κ1) is 75.8. The SMILES string of the molecule is CCCCC/C=C\C/C=C\CCCCCCCCC1(CCCCCCCC/C=C\C/C=C\CCCCC)OCC(CCN(C)CCCCCCNC(=O)COc2ccc(/C(C)=N/NC(=O)CCSSCCCC(=O)N3C[C@H](O)C[C@H]3CO)cc2)O1. The fraction of sp³-hybridized carbons (Fsp3) is 0.743. The van der Waals surface area contributed by atoms with E-state index >= 15 is 0 Å². The van der Waals surface area contributed by atoms with Gasteiger partial charge in [-0.1, -0.05) is 174 Å². The smallest absolute Gasteiger partial charge is 0.257 e. The average Bonchev–Trinajstić information content (AvgIpc) is 3.88. The van der Waals surface area contributed by atoms with Crippen LogP contribution in [0, 0.1) is 0 Å². The Labute approximate surface area is 525 Å². The van der Waals surface area contributed by atoms with E-state index in [0.29, 0.717) is 56.0 Å². The molecule has 0 radical (unpaired) electrons. The minimum Gasteiger partial charge on any atom is -0.484 e. The summed E-state index contributed by atoms with van der Waals surface area (Å²) < 4.78 is 19.3. The molecule has 2 fully saturated rings. The van der Waals surface area contributed by atoms with Crippen LogP contribution >= 0.6 is 21.6 Å². The lowest BCUT2D eigenvalue weighted by molar-refractivity contribution is -0.180. The maximum Gasteiger partial charge on any atom is 0.257 e. The summed E-state index contributed by atoms with van der Waals surface area (Å²) in [6, 6.07) is 7.01. The van der Waals surface area contributed by atoms with Crippen molar-refractivity contribution in [2.45, 2.75) is 270 Å². The van der Waals surface area contributed by atoms with Crippen LogP contribution in [-0.4, -0.2) is 132 Å². The van der Waals surface area contributed by atoms with Gasteiger partial charge in [-0.15, -0.1) is 0 Å². The minimum absolute atomic E-state index is 0.0367. The van der Waals surface area contributed by atoms with E-state index < -0.39 is 11.9 Å². The number of hydrazone groups is 1. The third kappa shape index (κ3) is 39.2. The lowest BCUT2D eigenvalue weighted by Crippen LogP contribution is -2.37. The van der Waals surface area contributed by atoms with Gasteiger partial charge in [-0.25, -0.2) is 5.43 Å². The van der Waals surface area contributed by atoms with Gasteiger partial charge >= 0.3 is 0 Å². The number of rotatable bonds is 54. The summed E-state index contributed by atoms with van der Waals surface area (Å²) in [7, 11) is 5.43. The number of likely N-dealkylation sites (tertiary alicyclic amines) is 1. The number of allylic oxidation sites excluding steroid dienone is 8. The third-order valence-electron chi connectivity index (χ3n) is 16.1. The average molecular weight is 1220 g/mol. The van der Waals surface area contributed by atoms with Crippen LogP contribution < -0.4 is 15.5 Å². The number of β-amino-alcohol motifs (C(OH)–C–C–N with tert-alkyl or cyclic N) is 1. The molecule has 2 heterocycles. The Hall–Kier alpha value is -3.44. The molecule has 3 amide bonds. The third-order valence-corrected chi connectivity index (χ3v) is 18.6. The van der Waals surface area contributed by atoms with Crippen LogP contribution in [0.5, 0.6) is 5.75 Å². The summed E-state index contributed by atoms with van der Waals surface area (Å²) in [6.45, 7) is 9.83. The predicted octanol–water partition coefficient (Wildman–Crippen LogP) is 15.9. The molecule has 2 aliphatic heterocycles. The van der Waals surface area contributed by atoms with Crippen LogP contribution in [0.2, 0.25) is 0 Å². The molecule has 0 aliphatic carbocycles. The van der Waals surface area contributed by atoms with Crippen LogP contribution in [0.4, 0.5) is 0 Å². The molecule has 484 valence electrons. The lowest BCUT2D eigenvalue weighted by Gasteiger charge is -2.29. The van der Waals surface area contributed by atoms with Crippen LogP contribution in [0.25, 0.3) is 0 Å². The summed E-state index contributed by atoms with van der Waals surface area (Å²) >= 11 is 0. The van der Waals surface area contributed by atoms with E-state index in [0.717, 1.165) is 82.2 Å². The number of unbranched alkanes of at least 4 members (excludes halogenated alkanes) is 21. The fourth-order valence-electron chi connectivity index (χ4n) is 10.8. The Kier molecular flexibility index (Phi) is 45.9. The topological polar surface area (TPSA) is 162 Å². The molecule has 1 unspecified atom stereocenters. The molecular formula is C70H119N5O8S2. The number of hydrogen-bond acceptors (Lipinski definition) is 12. The van der Waals surface area contributed by atoms with Crippen molar-refractivity contribution in [1.82, 2.24) is 20.5 Å². The lowest BCUT2D eigenvalue weighted by atomic mass is 9.98. The van der Waals surface area contributed by atoms with Crippen molar-refractivity contribution in [3.63, 3.8) is 0 Å². The number of carbonyl (C=O) groups is 3. The molecule has 0 bridgehead atoms. The molecule has 4 N–H and O–H groups in total. The molecule has 3 atom stereocenters. The number of benzene rings is 1. The van der Waals surface area contributed by atoms with E-state index in [1.807, 2.05) is 19.1 Å². The number of aliphatic hydroxyl groups is 2. The summed E-state index contributed by atoms with van der Waals surface area (Å²) in [5.74, 6) is 1.20. The van der Waals surface area contributed by atoms with E-state index in [1.165, 1.54) is 141 Å². The molecule has 1 aromatic rings. The van der Waals surface area contributed by atoms with Gasteiger partial charge < -0.3 is 39.5 Å². The molecule has 2 aliphatic rings. The van der Waals surface area contributed by atoms with Gasteiger partial charge in [0.2, 0.25) is 11.8 Å². The van der Waals surface area contributed by atoms with Gasteiger partial charge in [0, 0.05) is 56.8 Å². The van der Waals surface area contributed by atoms with E-state index in [-0.39, 0.29) is 49.6 Å². The van der Waals surface area contributed by atoms with Crippen LogP contribution in [0.1, 0.15) is 251 Å². The van der Waals surface area contributed by atoms with Crippen molar-refractivity contribution in [3.05, 3.63) is 78.4 Å². The summed E-state index contributed by atoms with van der Waals surface area (Å²) in [4.78, 5) is 41.4. The molecule has 13 nitrogen and oxygen atoms in total. The highest BCUT2D eigenvalue weighted by Crippen LogP contribution is 2.36. The first-order chi connectivity index (χ1) is 41.6. The summed E-state index contributed by atoms with van der Waals surface area (Å²) in [5.41, 5.74) is 4.11. The Morgan fingerprint density at radius 1 is 0.694 bits per heavy atom. The molecule has 0 aromatic heterocycles. The van der Waals surface area contributed by atoms with Crippen LogP contribution in [0.15, 0.2) is 78.0 Å².